The number of halogens is 1. The van der Waals surface area contributed by atoms with Crippen LogP contribution in [0.5, 0.6) is 5.88 Å². The van der Waals surface area contributed by atoms with Crippen LogP contribution in [-0.4, -0.2) is 26.6 Å². The van der Waals surface area contributed by atoms with E-state index < -0.39 is 15.9 Å². The number of benzene rings is 1. The van der Waals surface area contributed by atoms with Gasteiger partial charge in [-0.3, -0.25) is 0 Å². The number of ether oxygens (including phenoxy) is 1. The van der Waals surface area contributed by atoms with Gasteiger partial charge in [0.2, 0.25) is 5.88 Å². The van der Waals surface area contributed by atoms with Gasteiger partial charge in [0, 0.05) is 5.69 Å². The molecule has 5 rings (SSSR count). The smallest absolute Gasteiger partial charge is 0.354 e. The van der Waals surface area contributed by atoms with Crippen molar-refractivity contribution in [1.29, 1.82) is 0 Å². The Bertz CT molecular complexity index is 1130. The molecule has 0 saturated carbocycles. The number of carbonyl (C=O) groups excluding carboxylic acids is 1. The molecule has 29 heavy (non-hydrogen) atoms. The number of urea groups is 1. The standard InChI is InChI=1S/C19H22FN5O3S/c1-10-9-28-18-15(8-22-25(10)18)29(21,27)24-19(26)23-17-13-6-2-4-11(13)16(20)12-5-3-7-14(12)17/h8,10H,2-7,9H2,1H3,(H3,21,23,24,26,27)/t10-,29+/m0/s1. The minimum atomic E-state index is -3.54. The third kappa shape index (κ3) is 2.84. The highest BCUT2D eigenvalue weighted by atomic mass is 32.2. The minimum absolute atomic E-state index is 0.00725. The van der Waals surface area contributed by atoms with Gasteiger partial charge in [0.25, 0.3) is 0 Å². The summed E-state index contributed by atoms with van der Waals surface area (Å²) >= 11 is 0. The Labute approximate surface area is 167 Å². The molecule has 2 amide bonds. The molecule has 2 aliphatic carbocycles. The Kier molecular flexibility index (Phi) is 4.18. The number of nitrogens with two attached hydrogens (primary N) is 1. The van der Waals surface area contributed by atoms with E-state index in [-0.39, 0.29) is 22.6 Å². The van der Waals surface area contributed by atoms with E-state index in [4.69, 9.17) is 9.88 Å². The Morgan fingerprint density at radius 1 is 1.28 bits per heavy atom. The summed E-state index contributed by atoms with van der Waals surface area (Å²) in [5, 5.41) is 12.8. The predicted molar refractivity (Wildman–Crippen MR) is 105 cm³/mol. The number of amides is 2. The normalized spacial score (nSPS) is 21.1. The quantitative estimate of drug-likeness (QED) is 0.779. The summed E-state index contributed by atoms with van der Waals surface area (Å²) in [6.45, 7) is 2.30. The van der Waals surface area contributed by atoms with Crippen LogP contribution < -0.4 is 15.2 Å². The highest BCUT2D eigenvalue weighted by molar-refractivity contribution is 7.91. The van der Waals surface area contributed by atoms with Gasteiger partial charge in [0.05, 0.1) is 12.2 Å². The molecule has 154 valence electrons. The number of hydrogen-bond acceptors (Lipinski definition) is 4. The van der Waals surface area contributed by atoms with Gasteiger partial charge < -0.3 is 10.1 Å². The zero-order valence-electron chi connectivity index (χ0n) is 16.0. The van der Waals surface area contributed by atoms with Crippen molar-refractivity contribution in [2.24, 2.45) is 9.50 Å². The summed E-state index contributed by atoms with van der Waals surface area (Å²) in [4.78, 5) is 12.8. The van der Waals surface area contributed by atoms with E-state index in [1.165, 1.54) is 6.20 Å². The van der Waals surface area contributed by atoms with Crippen LogP contribution in [0.25, 0.3) is 0 Å². The molecular formula is C19H22FN5O3S. The van der Waals surface area contributed by atoms with Gasteiger partial charge in [-0.15, -0.1) is 4.36 Å². The molecule has 0 fully saturated rings. The summed E-state index contributed by atoms with van der Waals surface area (Å²) in [5.41, 5.74) is 3.66. The van der Waals surface area contributed by atoms with Crippen LogP contribution in [0, 0.1) is 5.82 Å². The van der Waals surface area contributed by atoms with Crippen molar-refractivity contribution in [3.05, 3.63) is 34.3 Å². The first-order valence-corrected chi connectivity index (χ1v) is 11.4. The Balaban J connectivity index is 1.51. The van der Waals surface area contributed by atoms with Crippen LogP contribution in [0.15, 0.2) is 15.5 Å². The van der Waals surface area contributed by atoms with Crippen molar-refractivity contribution in [3.63, 3.8) is 0 Å². The molecule has 2 atom stereocenters. The van der Waals surface area contributed by atoms with E-state index in [1.807, 2.05) is 6.92 Å². The number of anilines is 1. The lowest BCUT2D eigenvalue weighted by Crippen LogP contribution is -2.19. The molecule has 0 saturated heterocycles. The molecule has 1 aromatic carbocycles. The molecule has 0 radical (unpaired) electrons. The number of aromatic nitrogens is 2. The van der Waals surface area contributed by atoms with Gasteiger partial charge in [0.1, 0.15) is 17.3 Å². The second-order valence-electron chi connectivity index (χ2n) is 7.82. The molecule has 3 N–H and O–H groups in total. The number of fused-ring (bicyclic) bond motifs is 3. The molecular weight excluding hydrogens is 397 g/mol. The van der Waals surface area contributed by atoms with Gasteiger partial charge in [-0.1, -0.05) is 0 Å². The molecule has 0 bridgehead atoms. The van der Waals surface area contributed by atoms with Crippen LogP contribution in [0.1, 0.15) is 48.1 Å². The van der Waals surface area contributed by atoms with Gasteiger partial charge in [-0.05, 0) is 67.7 Å². The van der Waals surface area contributed by atoms with Gasteiger partial charge in [-0.2, -0.15) is 5.10 Å². The number of rotatable bonds is 2. The third-order valence-corrected chi connectivity index (χ3v) is 7.28. The average molecular weight is 419 g/mol. The molecule has 10 heteroatoms. The summed E-state index contributed by atoms with van der Waals surface area (Å²) in [6, 6.07) is -0.814. The highest BCUT2D eigenvalue weighted by Gasteiger charge is 2.31. The number of hydrogen-bond donors (Lipinski definition) is 2. The van der Waals surface area contributed by atoms with Crippen LogP contribution in [-0.2, 0) is 35.6 Å². The van der Waals surface area contributed by atoms with Crippen molar-refractivity contribution in [2.75, 3.05) is 11.9 Å². The largest absolute Gasteiger partial charge is 0.475 e. The zero-order chi connectivity index (χ0) is 20.3. The first kappa shape index (κ1) is 18.6. The van der Waals surface area contributed by atoms with Crippen LogP contribution in [0.3, 0.4) is 0 Å². The summed E-state index contributed by atoms with van der Waals surface area (Å²) in [7, 11) is -3.54. The molecule has 1 aliphatic heterocycles. The second kappa shape index (κ2) is 6.53. The number of carbonyl (C=O) groups is 1. The maximum absolute atomic E-state index is 14.8. The van der Waals surface area contributed by atoms with Crippen LogP contribution in [0.4, 0.5) is 14.9 Å². The predicted octanol–water partition coefficient (Wildman–Crippen LogP) is 2.89. The van der Waals surface area contributed by atoms with Gasteiger partial charge >= 0.3 is 6.03 Å². The molecule has 0 unspecified atom stereocenters. The fraction of sp³-hybridized carbons (Fsp3) is 0.474. The van der Waals surface area contributed by atoms with Gasteiger partial charge in [0.15, 0.2) is 9.92 Å². The maximum atomic E-state index is 14.8. The fourth-order valence-electron chi connectivity index (χ4n) is 4.60. The molecule has 3 aliphatic rings. The van der Waals surface area contributed by atoms with Crippen molar-refractivity contribution in [3.8, 4) is 5.88 Å². The third-order valence-electron chi connectivity index (χ3n) is 5.93. The summed E-state index contributed by atoms with van der Waals surface area (Å²) in [6.07, 6.45) is 5.77. The fourth-order valence-corrected chi connectivity index (χ4v) is 5.59. The van der Waals surface area contributed by atoms with E-state index in [2.05, 4.69) is 14.8 Å². The highest BCUT2D eigenvalue weighted by Crippen LogP contribution is 2.41. The summed E-state index contributed by atoms with van der Waals surface area (Å²) in [5.74, 6) is 0.161. The van der Waals surface area contributed by atoms with Crippen LogP contribution >= 0.6 is 0 Å². The summed E-state index contributed by atoms with van der Waals surface area (Å²) < 4.78 is 38.6. The SMILES string of the molecule is C[C@H]1COc2c([S@](N)(=O)=NC(=O)Nc3c4c(c(F)c5c3CCC5)CCC4)cnn21. The van der Waals surface area contributed by atoms with Crippen molar-refractivity contribution >= 4 is 21.6 Å². The molecule has 2 aromatic rings. The monoisotopic (exact) mass is 419 g/mol. The first-order valence-electron chi connectivity index (χ1n) is 9.78. The van der Waals surface area contributed by atoms with Crippen molar-refractivity contribution in [2.45, 2.75) is 56.4 Å². The Morgan fingerprint density at radius 3 is 2.55 bits per heavy atom. The number of nitrogens with zero attached hydrogens (tertiary/aromatic N) is 3. The second-order valence-corrected chi connectivity index (χ2v) is 9.58. The van der Waals surface area contributed by atoms with Crippen molar-refractivity contribution < 1.29 is 18.1 Å². The van der Waals surface area contributed by atoms with E-state index in [9.17, 15) is 13.4 Å². The van der Waals surface area contributed by atoms with Crippen LogP contribution in [0.2, 0.25) is 0 Å². The molecule has 0 spiro atoms. The Morgan fingerprint density at radius 2 is 1.90 bits per heavy atom. The average Bonchev–Trinajstić information content (AvgIpc) is 3.43. The minimum Gasteiger partial charge on any atom is -0.475 e. The number of nitrogens with one attached hydrogen (secondary N) is 1. The van der Waals surface area contributed by atoms with E-state index in [1.54, 1.807) is 4.68 Å². The van der Waals surface area contributed by atoms with Gasteiger partial charge in [-0.25, -0.2) is 23.2 Å². The Hall–Kier alpha value is -2.46. The maximum Gasteiger partial charge on any atom is 0.354 e. The topological polar surface area (TPSA) is 112 Å². The van der Waals surface area contributed by atoms with E-state index in [0.29, 0.717) is 49.1 Å². The first-order chi connectivity index (χ1) is 13.9. The van der Waals surface area contributed by atoms with E-state index >= 15 is 0 Å². The van der Waals surface area contributed by atoms with E-state index in [0.717, 1.165) is 24.0 Å². The molecule has 1 aromatic heterocycles. The lowest BCUT2D eigenvalue weighted by molar-refractivity contribution is 0.260. The molecule has 8 nitrogen and oxygen atoms in total. The lowest BCUT2D eigenvalue weighted by atomic mass is 9.98. The zero-order valence-corrected chi connectivity index (χ0v) is 16.9. The van der Waals surface area contributed by atoms with Crippen molar-refractivity contribution in [1.82, 2.24) is 9.78 Å². The molecule has 2 heterocycles. The lowest BCUT2D eigenvalue weighted by Gasteiger charge is -2.16.